The van der Waals surface area contributed by atoms with E-state index in [1.165, 1.54) is 19.3 Å². The Morgan fingerprint density at radius 2 is 2.33 bits per heavy atom. The molecule has 1 heterocycles. The summed E-state index contributed by atoms with van der Waals surface area (Å²) < 4.78 is 0. The number of rotatable bonds is 2. The van der Waals surface area contributed by atoms with Crippen molar-refractivity contribution in [1.82, 2.24) is 4.98 Å². The molecule has 1 saturated carbocycles. The van der Waals surface area contributed by atoms with Gasteiger partial charge in [-0.2, -0.15) is 0 Å². The summed E-state index contributed by atoms with van der Waals surface area (Å²) in [7, 11) is 0. The van der Waals surface area contributed by atoms with Gasteiger partial charge in [0.2, 0.25) is 0 Å². The van der Waals surface area contributed by atoms with E-state index in [0.29, 0.717) is 11.8 Å². The van der Waals surface area contributed by atoms with E-state index in [9.17, 15) is 0 Å². The molecule has 1 aromatic rings. The summed E-state index contributed by atoms with van der Waals surface area (Å²) in [5.41, 5.74) is 6.47. The van der Waals surface area contributed by atoms with E-state index in [1.54, 1.807) is 11.3 Å². The average molecular weight is 224 g/mol. The molecule has 2 nitrogen and oxygen atoms in total. The first-order chi connectivity index (χ1) is 7.14. The van der Waals surface area contributed by atoms with Crippen LogP contribution in [0.1, 0.15) is 44.5 Å². The Labute approximate surface area is 95.9 Å². The highest BCUT2D eigenvalue weighted by Crippen LogP contribution is 2.43. The van der Waals surface area contributed by atoms with Gasteiger partial charge in [0.1, 0.15) is 5.01 Å². The highest BCUT2D eigenvalue weighted by molar-refractivity contribution is 7.09. The fraction of sp³-hybridized carbons (Fsp3) is 0.750. The molecule has 15 heavy (non-hydrogen) atoms. The van der Waals surface area contributed by atoms with Crippen LogP contribution in [0.25, 0.3) is 0 Å². The van der Waals surface area contributed by atoms with Crippen molar-refractivity contribution in [2.75, 3.05) is 0 Å². The summed E-state index contributed by atoms with van der Waals surface area (Å²) in [4.78, 5) is 4.44. The van der Waals surface area contributed by atoms with Gasteiger partial charge in [-0.05, 0) is 24.7 Å². The molecule has 2 unspecified atom stereocenters. The van der Waals surface area contributed by atoms with E-state index in [0.717, 1.165) is 11.4 Å². The molecule has 0 radical (unpaired) electrons. The van der Waals surface area contributed by atoms with Crippen LogP contribution in [-0.2, 0) is 5.54 Å². The summed E-state index contributed by atoms with van der Waals surface area (Å²) in [6.45, 7) is 4.57. The van der Waals surface area contributed by atoms with Crippen LogP contribution in [0, 0.1) is 11.8 Å². The van der Waals surface area contributed by atoms with Crippen LogP contribution in [0.3, 0.4) is 0 Å². The summed E-state index contributed by atoms with van der Waals surface area (Å²) in [6.07, 6.45) is 6.81. The number of nitrogens with two attached hydrogens (primary N) is 1. The van der Waals surface area contributed by atoms with E-state index >= 15 is 0 Å². The molecular weight excluding hydrogens is 204 g/mol. The Morgan fingerprint density at radius 1 is 1.53 bits per heavy atom. The second-order valence-corrected chi connectivity index (χ2v) is 5.87. The van der Waals surface area contributed by atoms with Gasteiger partial charge in [-0.3, -0.25) is 0 Å². The topological polar surface area (TPSA) is 38.9 Å². The van der Waals surface area contributed by atoms with Crippen LogP contribution in [0.15, 0.2) is 11.6 Å². The zero-order valence-electron chi connectivity index (χ0n) is 9.57. The van der Waals surface area contributed by atoms with Crippen LogP contribution in [0.2, 0.25) is 0 Å². The lowest BCUT2D eigenvalue weighted by atomic mass is 9.69. The first-order valence-electron chi connectivity index (χ1n) is 5.83. The van der Waals surface area contributed by atoms with E-state index in [4.69, 9.17) is 5.73 Å². The number of hydrogen-bond donors (Lipinski definition) is 1. The molecule has 1 aromatic heterocycles. The summed E-state index contributed by atoms with van der Waals surface area (Å²) in [5.74, 6) is 1.25. The van der Waals surface area contributed by atoms with Gasteiger partial charge in [0, 0.05) is 11.6 Å². The molecule has 3 heteroatoms. The fourth-order valence-corrected chi connectivity index (χ4v) is 3.72. The lowest BCUT2D eigenvalue weighted by Gasteiger charge is -2.42. The molecule has 1 fully saturated rings. The van der Waals surface area contributed by atoms with Crippen molar-refractivity contribution >= 4 is 11.3 Å². The molecule has 84 valence electrons. The lowest BCUT2D eigenvalue weighted by molar-refractivity contribution is 0.140. The summed E-state index contributed by atoms with van der Waals surface area (Å²) in [5, 5.41) is 3.18. The van der Waals surface area contributed by atoms with Crippen LogP contribution in [0.4, 0.5) is 0 Å². The molecule has 0 spiro atoms. The normalized spacial score (nSPS) is 32.1. The van der Waals surface area contributed by atoms with Crippen LogP contribution < -0.4 is 5.73 Å². The first kappa shape index (κ1) is 11.1. The molecule has 2 atom stereocenters. The smallest absolute Gasteiger partial charge is 0.113 e. The quantitative estimate of drug-likeness (QED) is 0.838. The van der Waals surface area contributed by atoms with Crippen molar-refractivity contribution in [3.05, 3.63) is 16.6 Å². The molecule has 1 aliphatic rings. The zero-order valence-corrected chi connectivity index (χ0v) is 10.4. The molecule has 0 amide bonds. The predicted octanol–water partition coefficient (Wildman–Crippen LogP) is 3.14. The average Bonchev–Trinajstić information content (AvgIpc) is 2.71. The van der Waals surface area contributed by atoms with Gasteiger partial charge < -0.3 is 5.73 Å². The summed E-state index contributed by atoms with van der Waals surface area (Å²) >= 11 is 1.71. The molecular formula is C12H20N2S. The zero-order chi connectivity index (χ0) is 10.9. The Balaban J connectivity index is 2.30. The van der Waals surface area contributed by atoms with Gasteiger partial charge in [-0.25, -0.2) is 4.98 Å². The Hall–Kier alpha value is -0.410. The highest BCUT2D eigenvalue weighted by Gasteiger charge is 2.41. The van der Waals surface area contributed by atoms with Crippen molar-refractivity contribution < 1.29 is 0 Å². The van der Waals surface area contributed by atoms with Crippen molar-refractivity contribution in [2.45, 2.75) is 45.1 Å². The van der Waals surface area contributed by atoms with E-state index in [2.05, 4.69) is 18.8 Å². The second-order valence-electron chi connectivity index (χ2n) is 4.97. The van der Waals surface area contributed by atoms with Crippen molar-refractivity contribution in [2.24, 2.45) is 17.6 Å². The molecule has 1 aliphatic carbocycles. The highest BCUT2D eigenvalue weighted by atomic mass is 32.1. The minimum absolute atomic E-state index is 0.152. The molecule has 0 aliphatic heterocycles. The third-order valence-corrected chi connectivity index (χ3v) is 4.62. The predicted molar refractivity (Wildman–Crippen MR) is 64.8 cm³/mol. The van der Waals surface area contributed by atoms with E-state index in [1.807, 2.05) is 11.6 Å². The monoisotopic (exact) mass is 224 g/mol. The maximum atomic E-state index is 6.62. The Morgan fingerprint density at radius 3 is 2.93 bits per heavy atom. The van der Waals surface area contributed by atoms with Crippen LogP contribution in [0.5, 0.6) is 0 Å². The van der Waals surface area contributed by atoms with Crippen molar-refractivity contribution in [1.29, 1.82) is 0 Å². The van der Waals surface area contributed by atoms with Crippen molar-refractivity contribution in [3.8, 4) is 0 Å². The Kier molecular flexibility index (Phi) is 3.12. The van der Waals surface area contributed by atoms with E-state index < -0.39 is 0 Å². The molecule has 2 rings (SSSR count). The number of nitrogens with zero attached hydrogens (tertiary/aromatic N) is 1. The summed E-state index contributed by atoms with van der Waals surface area (Å²) in [6, 6.07) is 0. The standard InChI is InChI=1S/C12H20N2S/c1-9(2)10-5-3-4-6-12(10,13)11-14-7-8-15-11/h7-10H,3-6,13H2,1-2H3. The third kappa shape index (κ3) is 1.95. The van der Waals surface area contributed by atoms with Gasteiger partial charge in [0.05, 0.1) is 5.54 Å². The largest absolute Gasteiger partial charge is 0.319 e. The fourth-order valence-electron chi connectivity index (χ4n) is 2.87. The van der Waals surface area contributed by atoms with Gasteiger partial charge in [-0.1, -0.05) is 26.7 Å². The third-order valence-electron chi connectivity index (χ3n) is 3.65. The molecule has 0 saturated heterocycles. The van der Waals surface area contributed by atoms with Crippen molar-refractivity contribution in [3.63, 3.8) is 0 Å². The van der Waals surface area contributed by atoms with Gasteiger partial charge in [-0.15, -0.1) is 11.3 Å². The van der Waals surface area contributed by atoms with Gasteiger partial charge in [0.15, 0.2) is 0 Å². The lowest BCUT2D eigenvalue weighted by Crippen LogP contribution is -2.48. The van der Waals surface area contributed by atoms with E-state index in [-0.39, 0.29) is 5.54 Å². The second kappa shape index (κ2) is 4.22. The first-order valence-corrected chi connectivity index (χ1v) is 6.71. The van der Waals surface area contributed by atoms with Crippen LogP contribution >= 0.6 is 11.3 Å². The maximum Gasteiger partial charge on any atom is 0.113 e. The van der Waals surface area contributed by atoms with Crippen LogP contribution in [-0.4, -0.2) is 4.98 Å². The SMILES string of the molecule is CC(C)C1CCCCC1(N)c1nccs1. The molecule has 0 aromatic carbocycles. The minimum Gasteiger partial charge on any atom is -0.319 e. The Bertz CT molecular complexity index is 307. The minimum atomic E-state index is -0.152. The number of hydrogen-bond acceptors (Lipinski definition) is 3. The maximum absolute atomic E-state index is 6.62. The molecule has 2 N–H and O–H groups in total. The number of thiazole rings is 1. The number of aromatic nitrogens is 1. The molecule has 0 bridgehead atoms. The van der Waals surface area contributed by atoms with Gasteiger partial charge in [0.25, 0.3) is 0 Å². The van der Waals surface area contributed by atoms with Gasteiger partial charge >= 0.3 is 0 Å².